The van der Waals surface area contributed by atoms with Crippen LogP contribution in [0.4, 0.5) is 4.39 Å². The fraction of sp³-hybridized carbons (Fsp3) is 0.600. The molecule has 17 heavy (non-hydrogen) atoms. The molecule has 1 aromatic rings. The van der Waals surface area contributed by atoms with Crippen LogP contribution >= 0.6 is 0 Å². The Hall–Kier alpha value is -0.890. The van der Waals surface area contributed by atoms with Gasteiger partial charge in [0.1, 0.15) is 5.82 Å². The van der Waals surface area contributed by atoms with E-state index in [0.717, 1.165) is 5.56 Å². The molecule has 0 saturated heterocycles. The summed E-state index contributed by atoms with van der Waals surface area (Å²) >= 11 is 0. The zero-order valence-corrected chi connectivity index (χ0v) is 11.0. The van der Waals surface area contributed by atoms with Crippen LogP contribution in [0.3, 0.4) is 0 Å². The van der Waals surface area contributed by atoms with Crippen LogP contribution in [0.25, 0.3) is 0 Å². The van der Waals surface area contributed by atoms with Crippen molar-refractivity contribution in [2.75, 3.05) is 7.05 Å². The number of hydrogen-bond donors (Lipinski definition) is 1. The molecule has 1 aliphatic carbocycles. The fourth-order valence-electron chi connectivity index (χ4n) is 3.27. The highest BCUT2D eigenvalue weighted by Crippen LogP contribution is 2.48. The lowest BCUT2D eigenvalue weighted by atomic mass is 9.75. The summed E-state index contributed by atoms with van der Waals surface area (Å²) in [7, 11) is 1.94. The Labute approximate surface area is 103 Å². The molecule has 0 heterocycles. The van der Waals surface area contributed by atoms with E-state index in [1.54, 1.807) is 12.1 Å². The quantitative estimate of drug-likeness (QED) is 0.837. The Morgan fingerprint density at radius 2 is 2.06 bits per heavy atom. The summed E-state index contributed by atoms with van der Waals surface area (Å²) < 4.78 is 13.9. The first-order chi connectivity index (χ1) is 8.06. The van der Waals surface area contributed by atoms with E-state index in [1.165, 1.54) is 19.3 Å². The molecule has 2 atom stereocenters. The molecule has 0 aromatic heterocycles. The maximum atomic E-state index is 13.9. The molecule has 1 nitrogen and oxygen atoms in total. The number of halogens is 1. The average Bonchev–Trinajstić information content (AvgIpc) is 2.63. The second kappa shape index (κ2) is 4.77. The van der Waals surface area contributed by atoms with Gasteiger partial charge >= 0.3 is 0 Å². The van der Waals surface area contributed by atoms with Crippen molar-refractivity contribution in [3.63, 3.8) is 0 Å². The predicted molar refractivity (Wildman–Crippen MR) is 69.3 cm³/mol. The summed E-state index contributed by atoms with van der Waals surface area (Å²) in [6, 6.07) is 7.27. The third-order valence-electron chi connectivity index (χ3n) is 4.29. The number of nitrogens with one attached hydrogen (secondary N) is 1. The Balaban J connectivity index is 2.31. The fourth-order valence-corrected chi connectivity index (χ4v) is 3.27. The summed E-state index contributed by atoms with van der Waals surface area (Å²) in [5.41, 5.74) is 1.12. The van der Waals surface area contributed by atoms with E-state index in [0.29, 0.717) is 11.3 Å². The minimum atomic E-state index is -0.0884. The van der Waals surface area contributed by atoms with E-state index in [9.17, 15) is 4.39 Å². The summed E-state index contributed by atoms with van der Waals surface area (Å²) in [6.45, 7) is 4.60. The van der Waals surface area contributed by atoms with Gasteiger partial charge in [-0.25, -0.2) is 4.39 Å². The van der Waals surface area contributed by atoms with Crippen LogP contribution < -0.4 is 5.32 Å². The average molecular weight is 235 g/mol. The number of rotatable bonds is 3. The van der Waals surface area contributed by atoms with Gasteiger partial charge in [-0.3, -0.25) is 0 Å². The van der Waals surface area contributed by atoms with Crippen LogP contribution in [-0.4, -0.2) is 7.05 Å². The topological polar surface area (TPSA) is 12.0 Å². The first-order valence-corrected chi connectivity index (χ1v) is 6.48. The molecule has 0 bridgehead atoms. The number of hydrogen-bond acceptors (Lipinski definition) is 1. The van der Waals surface area contributed by atoms with Crippen LogP contribution in [0.15, 0.2) is 24.3 Å². The lowest BCUT2D eigenvalue weighted by Crippen LogP contribution is -2.32. The summed E-state index contributed by atoms with van der Waals surface area (Å²) in [4.78, 5) is 0. The monoisotopic (exact) mass is 235 g/mol. The van der Waals surface area contributed by atoms with Crippen LogP contribution in [-0.2, 0) is 0 Å². The Morgan fingerprint density at radius 1 is 1.35 bits per heavy atom. The van der Waals surface area contributed by atoms with Gasteiger partial charge in [-0.15, -0.1) is 0 Å². The van der Waals surface area contributed by atoms with E-state index in [1.807, 2.05) is 19.2 Å². The van der Waals surface area contributed by atoms with Gasteiger partial charge in [0.15, 0.2) is 0 Å². The lowest BCUT2D eigenvalue weighted by Gasteiger charge is -2.34. The van der Waals surface area contributed by atoms with Gasteiger partial charge in [0.25, 0.3) is 0 Å². The van der Waals surface area contributed by atoms with E-state index in [-0.39, 0.29) is 11.9 Å². The Bertz CT molecular complexity index is 386. The van der Waals surface area contributed by atoms with Gasteiger partial charge in [-0.2, -0.15) is 0 Å². The predicted octanol–water partition coefficient (Wildman–Crippen LogP) is 3.91. The van der Waals surface area contributed by atoms with Gasteiger partial charge in [0.05, 0.1) is 0 Å². The zero-order valence-electron chi connectivity index (χ0n) is 11.0. The van der Waals surface area contributed by atoms with Crippen molar-refractivity contribution >= 4 is 0 Å². The molecule has 0 spiro atoms. The molecule has 2 rings (SSSR count). The first kappa shape index (κ1) is 12.6. The second-order valence-electron chi connectivity index (χ2n) is 5.78. The van der Waals surface area contributed by atoms with Crippen LogP contribution in [0.2, 0.25) is 0 Å². The van der Waals surface area contributed by atoms with Crippen molar-refractivity contribution < 1.29 is 4.39 Å². The van der Waals surface area contributed by atoms with Gasteiger partial charge in [-0.05, 0) is 37.3 Å². The van der Waals surface area contributed by atoms with Crippen molar-refractivity contribution in [3.8, 4) is 0 Å². The van der Waals surface area contributed by atoms with Gasteiger partial charge < -0.3 is 5.32 Å². The van der Waals surface area contributed by atoms with E-state index >= 15 is 0 Å². The molecule has 2 heteroatoms. The molecule has 0 amide bonds. The third-order valence-corrected chi connectivity index (χ3v) is 4.29. The van der Waals surface area contributed by atoms with Crippen molar-refractivity contribution in [1.82, 2.24) is 5.32 Å². The molecule has 1 aliphatic rings. The summed E-state index contributed by atoms with van der Waals surface area (Å²) in [5.74, 6) is 0.430. The smallest absolute Gasteiger partial charge is 0.127 e. The van der Waals surface area contributed by atoms with Crippen LogP contribution in [0.5, 0.6) is 0 Å². The van der Waals surface area contributed by atoms with Crippen LogP contribution in [0.1, 0.15) is 44.7 Å². The SMILES string of the molecule is CNC(c1ccccc1F)C1CCCC1(C)C. The Kier molecular flexibility index (Phi) is 3.53. The highest BCUT2D eigenvalue weighted by atomic mass is 19.1. The number of benzene rings is 1. The van der Waals surface area contributed by atoms with Crippen molar-refractivity contribution in [3.05, 3.63) is 35.6 Å². The molecule has 1 saturated carbocycles. The summed E-state index contributed by atoms with van der Waals surface area (Å²) in [6.07, 6.45) is 3.68. The van der Waals surface area contributed by atoms with Crippen molar-refractivity contribution in [1.29, 1.82) is 0 Å². The highest BCUT2D eigenvalue weighted by molar-refractivity contribution is 5.23. The van der Waals surface area contributed by atoms with E-state index in [4.69, 9.17) is 0 Å². The first-order valence-electron chi connectivity index (χ1n) is 6.48. The van der Waals surface area contributed by atoms with Crippen molar-refractivity contribution in [2.45, 2.75) is 39.2 Å². The molecule has 1 fully saturated rings. The normalized spacial score (nSPS) is 24.8. The molecular weight excluding hydrogens is 213 g/mol. The van der Waals surface area contributed by atoms with Crippen molar-refractivity contribution in [2.24, 2.45) is 11.3 Å². The molecule has 2 unspecified atom stereocenters. The standard InChI is InChI=1S/C15H22FN/c1-15(2)10-6-8-12(15)14(17-3)11-7-4-5-9-13(11)16/h4-5,7,9,12,14,17H,6,8,10H2,1-3H3. The third kappa shape index (κ3) is 2.37. The maximum Gasteiger partial charge on any atom is 0.127 e. The molecule has 0 aliphatic heterocycles. The zero-order chi connectivity index (χ0) is 12.5. The molecule has 1 N–H and O–H groups in total. The Morgan fingerprint density at radius 3 is 2.59 bits per heavy atom. The summed E-state index contributed by atoms with van der Waals surface area (Å²) in [5, 5.41) is 3.32. The molecule has 1 aromatic carbocycles. The largest absolute Gasteiger partial charge is 0.313 e. The van der Waals surface area contributed by atoms with Gasteiger partial charge in [-0.1, -0.05) is 38.5 Å². The van der Waals surface area contributed by atoms with E-state index in [2.05, 4.69) is 19.2 Å². The maximum absolute atomic E-state index is 13.9. The molecule has 94 valence electrons. The molecule has 0 radical (unpaired) electrons. The minimum Gasteiger partial charge on any atom is -0.313 e. The lowest BCUT2D eigenvalue weighted by molar-refractivity contribution is 0.201. The minimum absolute atomic E-state index is 0.0884. The van der Waals surface area contributed by atoms with Gasteiger partial charge in [0.2, 0.25) is 0 Å². The van der Waals surface area contributed by atoms with Gasteiger partial charge in [0, 0.05) is 11.6 Å². The highest BCUT2D eigenvalue weighted by Gasteiger charge is 2.40. The second-order valence-corrected chi connectivity index (χ2v) is 5.78. The van der Waals surface area contributed by atoms with Crippen LogP contribution in [0, 0.1) is 17.2 Å². The molecular formula is C15H22FN. The van der Waals surface area contributed by atoms with E-state index < -0.39 is 0 Å².